The summed E-state index contributed by atoms with van der Waals surface area (Å²) in [5, 5.41) is 3.31. The maximum Gasteiger partial charge on any atom is 0.500 e. The second-order valence-corrected chi connectivity index (χ2v) is 7.29. The molecule has 0 saturated heterocycles. The van der Waals surface area contributed by atoms with Crippen LogP contribution >= 0.6 is 0 Å². The second-order valence-electron chi connectivity index (χ2n) is 4.56. The summed E-state index contributed by atoms with van der Waals surface area (Å²) < 4.78 is 22.3. The Morgan fingerprint density at radius 3 is 2.09 bits per heavy atom. The molecule has 0 aliphatic heterocycles. The van der Waals surface area contributed by atoms with E-state index < -0.39 is 8.80 Å². The van der Waals surface area contributed by atoms with Gasteiger partial charge in [0, 0.05) is 31.9 Å². The standard InChI is InChI=1S/C15H31NO5Si/c1-5-15(17)18-13-9-11-16-12-10-14-22(19-6-2,20-7-3)21-8-4/h5,16H,1,6-14H2,2-4H3. The third-order valence-corrected chi connectivity index (χ3v) is 5.99. The van der Waals surface area contributed by atoms with E-state index in [0.717, 1.165) is 32.0 Å². The zero-order chi connectivity index (χ0) is 16.7. The molecule has 7 heteroatoms. The van der Waals surface area contributed by atoms with Crippen LogP contribution in [0.3, 0.4) is 0 Å². The van der Waals surface area contributed by atoms with Gasteiger partial charge in [-0.25, -0.2) is 4.79 Å². The summed E-state index contributed by atoms with van der Waals surface area (Å²) >= 11 is 0. The van der Waals surface area contributed by atoms with Crippen molar-refractivity contribution in [3.8, 4) is 0 Å². The number of nitrogens with one attached hydrogen (secondary N) is 1. The summed E-state index contributed by atoms with van der Waals surface area (Å²) in [7, 11) is -2.51. The SMILES string of the molecule is C=CC(=O)OCCCNCCC[Si](OCC)(OCC)OCC. The topological polar surface area (TPSA) is 66.0 Å². The third-order valence-electron chi connectivity index (χ3n) is 2.84. The fraction of sp³-hybridized carbons (Fsp3) is 0.800. The number of carbonyl (C=O) groups is 1. The average Bonchev–Trinajstić information content (AvgIpc) is 2.50. The Morgan fingerprint density at radius 2 is 1.59 bits per heavy atom. The summed E-state index contributed by atoms with van der Waals surface area (Å²) in [4.78, 5) is 10.8. The molecule has 0 amide bonds. The highest BCUT2D eigenvalue weighted by molar-refractivity contribution is 6.60. The number of esters is 1. The lowest BCUT2D eigenvalue weighted by atomic mass is 10.4. The first-order chi connectivity index (χ1) is 10.6. The molecule has 0 aromatic rings. The van der Waals surface area contributed by atoms with Crippen LogP contribution in [-0.2, 0) is 22.8 Å². The Hall–Kier alpha value is -0.733. The van der Waals surface area contributed by atoms with Gasteiger partial charge in [-0.1, -0.05) is 6.58 Å². The van der Waals surface area contributed by atoms with E-state index in [-0.39, 0.29) is 5.97 Å². The zero-order valence-electron chi connectivity index (χ0n) is 14.2. The van der Waals surface area contributed by atoms with E-state index in [1.54, 1.807) is 0 Å². The predicted molar refractivity (Wildman–Crippen MR) is 88.7 cm³/mol. The van der Waals surface area contributed by atoms with Crippen molar-refractivity contribution in [2.45, 2.75) is 39.7 Å². The van der Waals surface area contributed by atoms with Crippen LogP contribution in [0.15, 0.2) is 12.7 Å². The third kappa shape index (κ3) is 10.1. The largest absolute Gasteiger partial charge is 0.500 e. The van der Waals surface area contributed by atoms with Crippen LogP contribution in [0.2, 0.25) is 6.04 Å². The zero-order valence-corrected chi connectivity index (χ0v) is 15.2. The van der Waals surface area contributed by atoms with Gasteiger partial charge in [-0.3, -0.25) is 0 Å². The van der Waals surface area contributed by atoms with Gasteiger partial charge in [-0.2, -0.15) is 0 Å². The maximum atomic E-state index is 10.8. The average molecular weight is 334 g/mol. The predicted octanol–water partition coefficient (Wildman–Crippen LogP) is 2.13. The van der Waals surface area contributed by atoms with Crippen LogP contribution < -0.4 is 5.32 Å². The van der Waals surface area contributed by atoms with E-state index in [4.69, 9.17) is 18.0 Å². The van der Waals surface area contributed by atoms with Crippen molar-refractivity contribution < 1.29 is 22.8 Å². The normalized spacial score (nSPS) is 11.4. The van der Waals surface area contributed by atoms with Gasteiger partial charge in [-0.15, -0.1) is 0 Å². The van der Waals surface area contributed by atoms with Gasteiger partial charge in [0.1, 0.15) is 0 Å². The van der Waals surface area contributed by atoms with E-state index in [1.165, 1.54) is 6.08 Å². The molecule has 0 fully saturated rings. The van der Waals surface area contributed by atoms with Gasteiger partial charge >= 0.3 is 14.8 Å². The number of hydrogen-bond donors (Lipinski definition) is 1. The molecule has 0 radical (unpaired) electrons. The molecule has 0 rings (SSSR count). The van der Waals surface area contributed by atoms with Crippen LogP contribution in [0.1, 0.15) is 33.6 Å². The lowest BCUT2D eigenvalue weighted by Gasteiger charge is -2.28. The number of hydrogen-bond acceptors (Lipinski definition) is 6. The van der Waals surface area contributed by atoms with E-state index in [2.05, 4.69) is 11.9 Å². The Balaban J connectivity index is 3.83. The minimum absolute atomic E-state index is 0.374. The summed E-state index contributed by atoms with van der Waals surface area (Å²) in [6, 6.07) is 0.807. The number of ether oxygens (including phenoxy) is 1. The minimum Gasteiger partial charge on any atom is -0.462 e. The first kappa shape index (κ1) is 21.3. The molecule has 0 saturated carbocycles. The molecule has 0 spiro atoms. The molecule has 0 aromatic heterocycles. The van der Waals surface area contributed by atoms with E-state index in [9.17, 15) is 4.79 Å². The van der Waals surface area contributed by atoms with Crippen molar-refractivity contribution in [1.82, 2.24) is 5.32 Å². The minimum atomic E-state index is -2.51. The van der Waals surface area contributed by atoms with Gasteiger partial charge in [0.2, 0.25) is 0 Å². The quantitative estimate of drug-likeness (QED) is 0.214. The van der Waals surface area contributed by atoms with Crippen molar-refractivity contribution in [2.24, 2.45) is 0 Å². The van der Waals surface area contributed by atoms with Crippen molar-refractivity contribution in [1.29, 1.82) is 0 Å². The molecule has 6 nitrogen and oxygen atoms in total. The molecule has 0 bridgehead atoms. The molecule has 0 aliphatic rings. The van der Waals surface area contributed by atoms with Crippen molar-refractivity contribution in [2.75, 3.05) is 39.5 Å². The van der Waals surface area contributed by atoms with Gasteiger partial charge in [0.05, 0.1) is 6.61 Å². The molecule has 0 heterocycles. The highest BCUT2D eigenvalue weighted by Gasteiger charge is 2.39. The molecular weight excluding hydrogens is 302 g/mol. The summed E-state index contributed by atoms with van der Waals surface area (Å²) in [6.07, 6.45) is 2.88. The van der Waals surface area contributed by atoms with Gasteiger partial charge in [0.25, 0.3) is 0 Å². The fourth-order valence-electron chi connectivity index (χ4n) is 1.98. The van der Waals surface area contributed by atoms with E-state index >= 15 is 0 Å². The molecular formula is C15H31NO5Si. The summed E-state index contributed by atoms with van der Waals surface area (Å²) in [5.74, 6) is -0.374. The molecule has 0 atom stereocenters. The van der Waals surface area contributed by atoms with E-state index in [1.807, 2.05) is 20.8 Å². The molecule has 0 aromatic carbocycles. The lowest BCUT2D eigenvalue weighted by molar-refractivity contribution is -0.137. The van der Waals surface area contributed by atoms with Gasteiger partial charge < -0.3 is 23.3 Å². The number of carbonyl (C=O) groups excluding carboxylic acids is 1. The molecule has 1 N–H and O–H groups in total. The van der Waals surface area contributed by atoms with Crippen LogP contribution in [0.5, 0.6) is 0 Å². The summed E-state index contributed by atoms with van der Waals surface area (Å²) in [6.45, 7) is 13.1. The van der Waals surface area contributed by atoms with Crippen LogP contribution in [0.4, 0.5) is 0 Å². The Kier molecular flexibility index (Phi) is 13.4. The summed E-state index contributed by atoms with van der Waals surface area (Å²) in [5.41, 5.74) is 0. The molecule has 0 aliphatic carbocycles. The Bertz CT molecular complexity index is 285. The fourth-order valence-corrected chi connectivity index (χ4v) is 4.60. The van der Waals surface area contributed by atoms with Crippen LogP contribution in [0.25, 0.3) is 0 Å². The molecule has 22 heavy (non-hydrogen) atoms. The smallest absolute Gasteiger partial charge is 0.462 e. The van der Waals surface area contributed by atoms with Crippen LogP contribution in [-0.4, -0.2) is 54.3 Å². The van der Waals surface area contributed by atoms with Gasteiger partial charge in [0.15, 0.2) is 0 Å². The number of rotatable bonds is 15. The lowest BCUT2D eigenvalue weighted by Crippen LogP contribution is -2.46. The molecule has 0 unspecified atom stereocenters. The monoisotopic (exact) mass is 333 g/mol. The Labute approximate surface area is 135 Å². The van der Waals surface area contributed by atoms with Gasteiger partial charge in [-0.05, 0) is 46.7 Å². The van der Waals surface area contributed by atoms with E-state index in [0.29, 0.717) is 26.4 Å². The van der Waals surface area contributed by atoms with Crippen molar-refractivity contribution in [3.05, 3.63) is 12.7 Å². The van der Waals surface area contributed by atoms with Crippen molar-refractivity contribution in [3.63, 3.8) is 0 Å². The highest BCUT2D eigenvalue weighted by Crippen LogP contribution is 2.17. The first-order valence-corrected chi connectivity index (χ1v) is 9.99. The van der Waals surface area contributed by atoms with Crippen LogP contribution in [0, 0.1) is 0 Å². The molecule has 130 valence electrons. The van der Waals surface area contributed by atoms with Crippen molar-refractivity contribution >= 4 is 14.8 Å². The first-order valence-electron chi connectivity index (χ1n) is 8.05. The second kappa shape index (κ2) is 13.9. The highest BCUT2D eigenvalue weighted by atomic mass is 28.4. The Morgan fingerprint density at radius 1 is 1.05 bits per heavy atom. The maximum absolute atomic E-state index is 10.8.